The molecule has 4 aromatic rings. The second-order valence-corrected chi connectivity index (χ2v) is 10.9. The summed E-state index contributed by atoms with van der Waals surface area (Å²) < 4.78 is 7.93. The molecule has 3 aromatic heterocycles. The van der Waals surface area contributed by atoms with Gasteiger partial charge in [0.25, 0.3) is 5.56 Å². The molecule has 1 aliphatic carbocycles. The molecule has 9 heteroatoms. The van der Waals surface area contributed by atoms with Crippen LogP contribution in [0.1, 0.15) is 47.9 Å². The first-order chi connectivity index (χ1) is 17.1. The molecular weight excluding hydrogens is 478 g/mol. The Labute approximate surface area is 212 Å². The molecule has 1 aliphatic rings. The Balaban J connectivity index is 1.31. The van der Waals surface area contributed by atoms with Gasteiger partial charge in [0, 0.05) is 11.4 Å². The maximum Gasteiger partial charge on any atom is 0.259 e. The van der Waals surface area contributed by atoms with Crippen molar-refractivity contribution in [2.45, 2.75) is 63.6 Å². The number of nitrogens with zero attached hydrogens (tertiary/aromatic N) is 4. The van der Waals surface area contributed by atoms with Crippen LogP contribution < -0.4 is 10.3 Å². The lowest BCUT2D eigenvalue weighted by Gasteiger charge is -2.17. The first-order valence-corrected chi connectivity index (χ1v) is 13.8. The SMILES string of the molecule is C=CCn1c(COc2ccc(CC)cc2)nnc1SCc1nc2sc3c(c2c(=O)[nH]1)CC[C@H](C)C3. The van der Waals surface area contributed by atoms with Gasteiger partial charge in [-0.1, -0.05) is 43.8 Å². The second-order valence-electron chi connectivity index (χ2n) is 8.92. The average molecular weight is 508 g/mol. The van der Waals surface area contributed by atoms with Gasteiger partial charge in [-0.2, -0.15) is 0 Å². The van der Waals surface area contributed by atoms with E-state index in [0.29, 0.717) is 30.6 Å². The summed E-state index contributed by atoms with van der Waals surface area (Å²) in [5, 5.41) is 10.2. The maximum atomic E-state index is 12.9. The number of nitrogens with one attached hydrogen (secondary N) is 1. The molecule has 0 amide bonds. The molecule has 1 aromatic carbocycles. The Hall–Kier alpha value is -2.91. The van der Waals surface area contributed by atoms with Gasteiger partial charge in [0.2, 0.25) is 0 Å². The standard InChI is InChI=1S/C26H29N5O2S2/c1-4-12-31-22(14-33-18-9-7-17(5-2)8-10-18)29-30-26(31)34-15-21-27-24(32)23-19-11-6-16(3)13-20(19)35-25(23)28-21/h4,7-10,16H,1,5-6,11-15H2,2-3H3,(H,27,28,32)/t16-/m0/s1. The van der Waals surface area contributed by atoms with Gasteiger partial charge in [-0.05, 0) is 54.9 Å². The molecule has 0 spiro atoms. The molecule has 182 valence electrons. The van der Waals surface area contributed by atoms with E-state index in [4.69, 9.17) is 9.72 Å². The maximum absolute atomic E-state index is 12.9. The van der Waals surface area contributed by atoms with Crippen molar-refractivity contribution in [3.8, 4) is 5.75 Å². The van der Waals surface area contributed by atoms with Crippen LogP contribution in [0.3, 0.4) is 0 Å². The van der Waals surface area contributed by atoms with Crippen molar-refractivity contribution in [3.63, 3.8) is 0 Å². The minimum Gasteiger partial charge on any atom is -0.486 e. The van der Waals surface area contributed by atoms with Crippen LogP contribution in [0.5, 0.6) is 5.75 Å². The number of fused-ring (bicyclic) bond motifs is 3. The summed E-state index contributed by atoms with van der Waals surface area (Å²) in [5.74, 6) is 3.34. The molecular formula is C26H29N5O2S2. The van der Waals surface area contributed by atoms with Crippen molar-refractivity contribution in [2.75, 3.05) is 0 Å². The highest BCUT2D eigenvalue weighted by Crippen LogP contribution is 2.36. The van der Waals surface area contributed by atoms with Gasteiger partial charge in [0.15, 0.2) is 11.0 Å². The lowest BCUT2D eigenvalue weighted by molar-refractivity contribution is 0.289. The lowest BCUT2D eigenvalue weighted by Crippen LogP contribution is -2.14. The van der Waals surface area contributed by atoms with Crippen LogP contribution in [0, 0.1) is 5.92 Å². The van der Waals surface area contributed by atoms with Crippen LogP contribution in [-0.2, 0) is 38.2 Å². The van der Waals surface area contributed by atoms with E-state index >= 15 is 0 Å². The predicted octanol–water partition coefficient (Wildman–Crippen LogP) is 5.32. The number of ether oxygens (including phenoxy) is 1. The van der Waals surface area contributed by atoms with Crippen molar-refractivity contribution in [3.05, 3.63) is 74.9 Å². The Morgan fingerprint density at radius 1 is 1.31 bits per heavy atom. The van der Waals surface area contributed by atoms with E-state index in [1.165, 1.54) is 27.8 Å². The summed E-state index contributed by atoms with van der Waals surface area (Å²) in [6.07, 6.45) is 5.95. The number of aryl methyl sites for hydroxylation is 2. The van der Waals surface area contributed by atoms with E-state index in [-0.39, 0.29) is 5.56 Å². The van der Waals surface area contributed by atoms with E-state index < -0.39 is 0 Å². The number of hydrogen-bond acceptors (Lipinski definition) is 7. The molecule has 3 heterocycles. The molecule has 5 rings (SSSR count). The van der Waals surface area contributed by atoms with Crippen LogP contribution in [-0.4, -0.2) is 24.7 Å². The molecule has 0 unspecified atom stereocenters. The Kier molecular flexibility index (Phi) is 7.06. The summed E-state index contributed by atoms with van der Waals surface area (Å²) in [4.78, 5) is 22.9. The van der Waals surface area contributed by atoms with Crippen molar-refractivity contribution in [1.29, 1.82) is 0 Å². The number of benzene rings is 1. The highest BCUT2D eigenvalue weighted by molar-refractivity contribution is 7.98. The Morgan fingerprint density at radius 3 is 2.91 bits per heavy atom. The van der Waals surface area contributed by atoms with E-state index in [1.54, 1.807) is 11.3 Å². The van der Waals surface area contributed by atoms with E-state index in [0.717, 1.165) is 52.6 Å². The molecule has 0 fully saturated rings. The number of aromatic amines is 1. The van der Waals surface area contributed by atoms with Gasteiger partial charge in [-0.15, -0.1) is 28.1 Å². The minimum atomic E-state index is -0.0339. The third-order valence-corrected chi connectivity index (χ3v) is 8.48. The zero-order valence-electron chi connectivity index (χ0n) is 20.0. The van der Waals surface area contributed by atoms with Gasteiger partial charge in [0.1, 0.15) is 23.0 Å². The Bertz CT molecular complexity index is 1400. The molecule has 0 saturated heterocycles. The summed E-state index contributed by atoms with van der Waals surface area (Å²) in [7, 11) is 0. The quantitative estimate of drug-likeness (QED) is 0.244. The molecule has 1 N–H and O–H groups in total. The number of H-pyrrole nitrogens is 1. The van der Waals surface area contributed by atoms with Gasteiger partial charge in [-0.25, -0.2) is 4.98 Å². The highest BCUT2D eigenvalue weighted by Gasteiger charge is 2.23. The molecule has 0 aliphatic heterocycles. The van der Waals surface area contributed by atoms with Gasteiger partial charge < -0.3 is 9.72 Å². The topological polar surface area (TPSA) is 85.7 Å². The van der Waals surface area contributed by atoms with Crippen molar-refractivity contribution in [1.82, 2.24) is 24.7 Å². The molecule has 7 nitrogen and oxygen atoms in total. The van der Waals surface area contributed by atoms with E-state index in [9.17, 15) is 4.79 Å². The average Bonchev–Trinajstić information content (AvgIpc) is 3.42. The molecule has 0 saturated carbocycles. The molecule has 35 heavy (non-hydrogen) atoms. The third kappa shape index (κ3) is 5.06. The van der Waals surface area contributed by atoms with Gasteiger partial charge >= 0.3 is 0 Å². The van der Waals surface area contributed by atoms with E-state index in [1.807, 2.05) is 22.8 Å². The molecule has 1 atom stereocenters. The number of hydrogen-bond donors (Lipinski definition) is 1. The summed E-state index contributed by atoms with van der Waals surface area (Å²) in [6.45, 7) is 9.16. The largest absolute Gasteiger partial charge is 0.486 e. The third-order valence-electron chi connectivity index (χ3n) is 6.36. The first-order valence-electron chi connectivity index (χ1n) is 12.0. The predicted molar refractivity (Wildman–Crippen MR) is 141 cm³/mol. The minimum absolute atomic E-state index is 0.0339. The normalized spacial score (nSPS) is 15.3. The first kappa shape index (κ1) is 23.8. The number of allylic oxidation sites excluding steroid dienone is 1. The summed E-state index contributed by atoms with van der Waals surface area (Å²) in [5.41, 5.74) is 2.44. The molecule has 0 bridgehead atoms. The van der Waals surface area contributed by atoms with Crippen LogP contribution in [0.15, 0.2) is 46.9 Å². The Morgan fingerprint density at radius 2 is 2.14 bits per heavy atom. The number of thioether (sulfide) groups is 1. The fourth-order valence-corrected chi connectivity index (χ4v) is 6.65. The number of aromatic nitrogens is 5. The second kappa shape index (κ2) is 10.4. The van der Waals surface area contributed by atoms with Crippen molar-refractivity contribution >= 4 is 33.3 Å². The smallest absolute Gasteiger partial charge is 0.259 e. The van der Waals surface area contributed by atoms with Crippen LogP contribution in [0.2, 0.25) is 0 Å². The van der Waals surface area contributed by atoms with Crippen molar-refractivity contribution in [2.24, 2.45) is 5.92 Å². The van der Waals surface area contributed by atoms with Crippen LogP contribution in [0.25, 0.3) is 10.2 Å². The fraction of sp³-hybridized carbons (Fsp3) is 0.385. The van der Waals surface area contributed by atoms with Crippen LogP contribution in [0.4, 0.5) is 0 Å². The number of rotatable bonds is 9. The zero-order chi connectivity index (χ0) is 24.4. The van der Waals surface area contributed by atoms with Crippen LogP contribution >= 0.6 is 23.1 Å². The van der Waals surface area contributed by atoms with Crippen molar-refractivity contribution < 1.29 is 4.74 Å². The summed E-state index contributed by atoms with van der Waals surface area (Å²) in [6, 6.07) is 8.09. The van der Waals surface area contributed by atoms with Gasteiger partial charge in [-0.3, -0.25) is 9.36 Å². The number of thiophene rings is 1. The highest BCUT2D eigenvalue weighted by atomic mass is 32.2. The fourth-order valence-electron chi connectivity index (χ4n) is 4.41. The van der Waals surface area contributed by atoms with E-state index in [2.05, 4.69) is 47.7 Å². The molecule has 0 radical (unpaired) electrons. The summed E-state index contributed by atoms with van der Waals surface area (Å²) >= 11 is 3.17. The monoisotopic (exact) mass is 507 g/mol. The zero-order valence-corrected chi connectivity index (χ0v) is 21.7. The lowest BCUT2D eigenvalue weighted by atomic mass is 9.89. The van der Waals surface area contributed by atoms with Gasteiger partial charge in [0.05, 0.1) is 11.1 Å².